The maximum absolute atomic E-state index is 11.9. The fraction of sp³-hybridized carbons (Fsp3) is 0.312. The van der Waals surface area contributed by atoms with Crippen molar-refractivity contribution in [1.29, 1.82) is 0 Å². The number of carbonyl (C=O) groups excluding carboxylic acids is 2. The Morgan fingerprint density at radius 3 is 3.00 bits per heavy atom. The lowest BCUT2D eigenvalue weighted by Gasteiger charge is -2.54. The molecule has 0 radical (unpaired) electrons. The number of pyridine rings is 1. The van der Waals surface area contributed by atoms with Crippen LogP contribution < -0.4 is 10.2 Å². The van der Waals surface area contributed by atoms with E-state index in [9.17, 15) is 9.59 Å². The highest BCUT2D eigenvalue weighted by molar-refractivity contribution is 5.93. The summed E-state index contributed by atoms with van der Waals surface area (Å²) in [5, 5.41) is 3.12. The van der Waals surface area contributed by atoms with Crippen LogP contribution in [0.15, 0.2) is 37.2 Å². The lowest BCUT2D eigenvalue weighted by molar-refractivity contribution is -0.188. The predicted molar refractivity (Wildman–Crippen MR) is 81.3 cm³/mol. The van der Waals surface area contributed by atoms with E-state index in [0.29, 0.717) is 13.1 Å². The zero-order valence-corrected chi connectivity index (χ0v) is 12.3. The highest BCUT2D eigenvalue weighted by Gasteiger charge is 2.66. The van der Waals surface area contributed by atoms with Gasteiger partial charge in [0.25, 0.3) is 0 Å². The van der Waals surface area contributed by atoms with E-state index in [1.165, 1.54) is 0 Å². The summed E-state index contributed by atoms with van der Waals surface area (Å²) in [6, 6.07) is 1.86. The zero-order valence-electron chi connectivity index (χ0n) is 12.3. The molecular weight excluding hydrogens is 298 g/mol. The summed E-state index contributed by atoms with van der Waals surface area (Å²) >= 11 is 0. The van der Waals surface area contributed by atoms with Gasteiger partial charge in [0.15, 0.2) is 6.23 Å². The van der Waals surface area contributed by atoms with E-state index in [1.54, 1.807) is 18.5 Å². The monoisotopic (exact) mass is 313 g/mol. The SMILES string of the molecule is C=Cc1cncc(N2C[C@@]34OC(=O)/C=C/C(=O)OC3NC[C@@H]24)c1. The Kier molecular flexibility index (Phi) is 2.99. The van der Waals surface area contributed by atoms with Gasteiger partial charge < -0.3 is 14.4 Å². The Balaban J connectivity index is 1.64. The number of hydrogen-bond acceptors (Lipinski definition) is 7. The van der Waals surface area contributed by atoms with Crippen LogP contribution in [-0.4, -0.2) is 47.9 Å². The highest BCUT2D eigenvalue weighted by Crippen LogP contribution is 2.43. The summed E-state index contributed by atoms with van der Waals surface area (Å²) in [6.45, 7) is 4.72. The second-order valence-corrected chi connectivity index (χ2v) is 5.76. The Bertz CT molecular complexity index is 732. The summed E-state index contributed by atoms with van der Waals surface area (Å²) in [6.07, 6.45) is 6.75. The molecule has 3 aliphatic rings. The fourth-order valence-corrected chi connectivity index (χ4v) is 3.36. The Hall–Kier alpha value is -2.67. The molecule has 1 unspecified atom stereocenters. The van der Waals surface area contributed by atoms with Crippen molar-refractivity contribution in [2.24, 2.45) is 0 Å². The van der Waals surface area contributed by atoms with Crippen LogP contribution in [0.3, 0.4) is 0 Å². The third-order valence-electron chi connectivity index (χ3n) is 4.49. The topological polar surface area (TPSA) is 80.8 Å². The maximum atomic E-state index is 11.9. The van der Waals surface area contributed by atoms with Crippen molar-refractivity contribution >= 4 is 23.7 Å². The van der Waals surface area contributed by atoms with Crippen molar-refractivity contribution in [1.82, 2.24) is 10.3 Å². The molecule has 0 bridgehead atoms. The van der Waals surface area contributed by atoms with Gasteiger partial charge in [-0.2, -0.15) is 0 Å². The molecule has 0 saturated carbocycles. The molecule has 0 amide bonds. The van der Waals surface area contributed by atoms with Crippen LogP contribution in [0.2, 0.25) is 0 Å². The maximum Gasteiger partial charge on any atom is 0.332 e. The number of ether oxygens (including phenoxy) is 2. The van der Waals surface area contributed by atoms with Crippen LogP contribution in [0.25, 0.3) is 6.08 Å². The summed E-state index contributed by atoms with van der Waals surface area (Å²) in [5.74, 6) is -1.08. The number of carbonyl (C=O) groups is 2. The van der Waals surface area contributed by atoms with Gasteiger partial charge in [0.05, 0.1) is 24.5 Å². The van der Waals surface area contributed by atoms with E-state index >= 15 is 0 Å². The molecule has 118 valence electrons. The molecule has 3 aliphatic heterocycles. The third kappa shape index (κ3) is 2.04. The van der Waals surface area contributed by atoms with Crippen LogP contribution >= 0.6 is 0 Å². The highest BCUT2D eigenvalue weighted by atomic mass is 16.6. The molecule has 4 heterocycles. The van der Waals surface area contributed by atoms with Gasteiger partial charge in [-0.25, -0.2) is 9.59 Å². The van der Waals surface area contributed by atoms with Gasteiger partial charge in [-0.15, -0.1) is 0 Å². The van der Waals surface area contributed by atoms with Crippen molar-refractivity contribution in [2.45, 2.75) is 17.9 Å². The molecule has 1 aromatic rings. The quantitative estimate of drug-likeness (QED) is 0.783. The van der Waals surface area contributed by atoms with Crippen molar-refractivity contribution < 1.29 is 19.1 Å². The van der Waals surface area contributed by atoms with Crippen LogP contribution in [-0.2, 0) is 19.1 Å². The molecule has 1 N–H and O–H groups in total. The van der Waals surface area contributed by atoms with E-state index in [-0.39, 0.29) is 6.04 Å². The van der Waals surface area contributed by atoms with Crippen molar-refractivity contribution in [3.63, 3.8) is 0 Å². The first-order valence-corrected chi connectivity index (χ1v) is 7.31. The first-order chi connectivity index (χ1) is 11.1. The second-order valence-electron chi connectivity index (χ2n) is 5.76. The Morgan fingerprint density at radius 2 is 2.17 bits per heavy atom. The number of esters is 2. The smallest absolute Gasteiger partial charge is 0.332 e. The molecular formula is C16H15N3O4. The summed E-state index contributed by atoms with van der Waals surface area (Å²) in [4.78, 5) is 29.8. The molecule has 0 aromatic carbocycles. The van der Waals surface area contributed by atoms with Gasteiger partial charge >= 0.3 is 11.9 Å². The van der Waals surface area contributed by atoms with Gasteiger partial charge in [0.2, 0.25) is 5.60 Å². The fourth-order valence-electron chi connectivity index (χ4n) is 3.36. The molecule has 7 heteroatoms. The molecule has 3 atom stereocenters. The van der Waals surface area contributed by atoms with E-state index < -0.39 is 23.8 Å². The summed E-state index contributed by atoms with van der Waals surface area (Å²) < 4.78 is 11.0. The number of nitrogens with zero attached hydrogens (tertiary/aromatic N) is 2. The number of anilines is 1. The number of hydrogen-bond donors (Lipinski definition) is 1. The van der Waals surface area contributed by atoms with Gasteiger partial charge in [-0.3, -0.25) is 10.3 Å². The Labute approximate surface area is 132 Å². The van der Waals surface area contributed by atoms with Crippen molar-refractivity contribution in [2.75, 3.05) is 18.0 Å². The van der Waals surface area contributed by atoms with E-state index in [2.05, 4.69) is 21.8 Å². The van der Waals surface area contributed by atoms with E-state index in [0.717, 1.165) is 23.4 Å². The van der Waals surface area contributed by atoms with Gasteiger partial charge in [-0.1, -0.05) is 12.7 Å². The molecule has 0 aliphatic carbocycles. The molecule has 2 saturated heterocycles. The standard InChI is InChI=1S/C16H15N3O4/c1-2-10-5-11(7-17-6-10)19-9-16-12(19)8-18-15(16)22-13(20)3-4-14(21)23-16/h2-7,12,15,18H,1,8-9H2/b4-3+/t12-,15?,16+/m1/s1. The molecule has 7 nitrogen and oxygen atoms in total. The first-order valence-electron chi connectivity index (χ1n) is 7.31. The molecule has 1 aromatic heterocycles. The predicted octanol–water partition coefficient (Wildman–Crippen LogP) is 0.237. The minimum absolute atomic E-state index is 0.113. The number of rotatable bonds is 2. The molecule has 1 spiro atoms. The van der Waals surface area contributed by atoms with E-state index in [4.69, 9.17) is 9.47 Å². The van der Waals surface area contributed by atoms with Gasteiger partial charge in [-0.05, 0) is 11.6 Å². The summed E-state index contributed by atoms with van der Waals surface area (Å²) in [7, 11) is 0. The number of aromatic nitrogens is 1. The summed E-state index contributed by atoms with van der Waals surface area (Å²) in [5.41, 5.74) is 0.970. The van der Waals surface area contributed by atoms with E-state index in [1.807, 2.05) is 6.07 Å². The minimum atomic E-state index is -0.859. The largest absolute Gasteiger partial charge is 0.446 e. The van der Waals surface area contributed by atoms with Crippen LogP contribution in [0.1, 0.15) is 5.56 Å². The average Bonchev–Trinajstić information content (AvgIpc) is 2.77. The van der Waals surface area contributed by atoms with Crippen molar-refractivity contribution in [3.05, 3.63) is 42.8 Å². The van der Waals surface area contributed by atoms with Crippen LogP contribution in [0.4, 0.5) is 5.69 Å². The first kappa shape index (κ1) is 14.0. The van der Waals surface area contributed by atoms with Crippen molar-refractivity contribution in [3.8, 4) is 0 Å². The van der Waals surface area contributed by atoms with Crippen LogP contribution in [0.5, 0.6) is 0 Å². The average molecular weight is 313 g/mol. The van der Waals surface area contributed by atoms with Gasteiger partial charge in [0, 0.05) is 24.9 Å². The number of nitrogens with one attached hydrogen (secondary N) is 1. The lowest BCUT2D eigenvalue weighted by Crippen LogP contribution is -2.74. The molecule has 2 fully saturated rings. The second kappa shape index (κ2) is 4.92. The minimum Gasteiger partial charge on any atom is -0.446 e. The van der Waals surface area contributed by atoms with Gasteiger partial charge in [0.1, 0.15) is 0 Å². The zero-order chi connectivity index (χ0) is 16.0. The normalized spacial score (nSPS) is 33.3. The Morgan fingerprint density at radius 1 is 1.35 bits per heavy atom. The third-order valence-corrected chi connectivity index (χ3v) is 4.49. The molecule has 23 heavy (non-hydrogen) atoms. The lowest BCUT2D eigenvalue weighted by atomic mass is 9.84. The van der Waals surface area contributed by atoms with Crippen LogP contribution in [0, 0.1) is 0 Å². The molecule has 4 rings (SSSR count).